The van der Waals surface area contributed by atoms with Gasteiger partial charge in [0.1, 0.15) is 6.29 Å². The first kappa shape index (κ1) is 12.3. The molecule has 1 aliphatic rings. The summed E-state index contributed by atoms with van der Waals surface area (Å²) in [6, 6.07) is 6.43. The van der Waals surface area contributed by atoms with E-state index in [0.29, 0.717) is 30.6 Å². The molecule has 1 fully saturated rings. The normalized spacial score (nSPS) is 18.7. The van der Waals surface area contributed by atoms with E-state index in [1.165, 1.54) is 0 Å². The first-order valence-corrected chi connectivity index (χ1v) is 5.75. The van der Waals surface area contributed by atoms with Crippen LogP contribution in [0.3, 0.4) is 0 Å². The molecule has 94 valence electrons. The summed E-state index contributed by atoms with van der Waals surface area (Å²) in [5.41, 5.74) is 6.27. The van der Waals surface area contributed by atoms with E-state index in [2.05, 4.69) is 0 Å². The lowest BCUT2D eigenvalue weighted by Crippen LogP contribution is -2.31. The number of likely N-dealkylation sites (tertiary alicyclic amines) is 1. The molecule has 2 amide bonds. The molecule has 5 nitrogen and oxygen atoms in total. The highest BCUT2D eigenvalue weighted by molar-refractivity contribution is 5.95. The lowest BCUT2D eigenvalue weighted by molar-refractivity contribution is -0.121. The highest BCUT2D eigenvalue weighted by Crippen LogP contribution is 2.18. The van der Waals surface area contributed by atoms with Crippen molar-refractivity contribution >= 4 is 18.1 Å². The Morgan fingerprint density at radius 1 is 1.28 bits per heavy atom. The van der Waals surface area contributed by atoms with E-state index in [4.69, 9.17) is 5.73 Å². The molecule has 0 spiro atoms. The highest BCUT2D eigenvalue weighted by atomic mass is 16.2. The second-order valence-corrected chi connectivity index (χ2v) is 4.38. The van der Waals surface area contributed by atoms with Crippen molar-refractivity contribution in [1.82, 2.24) is 4.90 Å². The Morgan fingerprint density at radius 2 is 1.94 bits per heavy atom. The molecule has 0 radical (unpaired) electrons. The van der Waals surface area contributed by atoms with Gasteiger partial charge in [0.05, 0.1) is 5.92 Å². The molecule has 5 heteroatoms. The van der Waals surface area contributed by atoms with Gasteiger partial charge in [-0.2, -0.15) is 0 Å². The molecule has 1 aromatic carbocycles. The Bertz CT molecular complexity index is 482. The number of hydrogen-bond acceptors (Lipinski definition) is 3. The number of benzene rings is 1. The van der Waals surface area contributed by atoms with Crippen LogP contribution in [0, 0.1) is 5.92 Å². The molecule has 0 bridgehead atoms. The maximum Gasteiger partial charge on any atom is 0.253 e. The van der Waals surface area contributed by atoms with Crippen LogP contribution in [0.5, 0.6) is 0 Å². The summed E-state index contributed by atoms with van der Waals surface area (Å²) >= 11 is 0. The fourth-order valence-corrected chi connectivity index (χ4v) is 2.06. The van der Waals surface area contributed by atoms with E-state index in [0.717, 1.165) is 6.29 Å². The average Bonchev–Trinajstić information content (AvgIpc) is 2.88. The van der Waals surface area contributed by atoms with Crippen LogP contribution in [0.25, 0.3) is 0 Å². The van der Waals surface area contributed by atoms with Gasteiger partial charge in [-0.15, -0.1) is 0 Å². The van der Waals surface area contributed by atoms with Crippen LogP contribution in [0.2, 0.25) is 0 Å². The van der Waals surface area contributed by atoms with Crippen LogP contribution < -0.4 is 5.73 Å². The van der Waals surface area contributed by atoms with Crippen molar-refractivity contribution in [3.8, 4) is 0 Å². The molecule has 1 aromatic rings. The summed E-state index contributed by atoms with van der Waals surface area (Å²) in [5, 5.41) is 0. The minimum atomic E-state index is -0.360. The van der Waals surface area contributed by atoms with Crippen molar-refractivity contribution in [2.45, 2.75) is 6.42 Å². The van der Waals surface area contributed by atoms with Crippen molar-refractivity contribution in [2.75, 3.05) is 13.1 Å². The van der Waals surface area contributed by atoms with Crippen LogP contribution in [-0.4, -0.2) is 36.1 Å². The molecule has 1 aliphatic heterocycles. The average molecular weight is 246 g/mol. The fourth-order valence-electron chi connectivity index (χ4n) is 2.06. The summed E-state index contributed by atoms with van der Waals surface area (Å²) in [4.78, 5) is 35.3. The third-order valence-electron chi connectivity index (χ3n) is 3.17. The van der Waals surface area contributed by atoms with Crippen LogP contribution >= 0.6 is 0 Å². The van der Waals surface area contributed by atoms with Crippen molar-refractivity contribution in [2.24, 2.45) is 11.7 Å². The summed E-state index contributed by atoms with van der Waals surface area (Å²) in [7, 11) is 0. The van der Waals surface area contributed by atoms with Gasteiger partial charge in [-0.3, -0.25) is 14.4 Å². The van der Waals surface area contributed by atoms with Crippen molar-refractivity contribution in [1.29, 1.82) is 0 Å². The predicted octanol–water partition coefficient (Wildman–Crippen LogP) is 0.446. The Morgan fingerprint density at radius 3 is 2.44 bits per heavy atom. The quantitative estimate of drug-likeness (QED) is 0.786. The number of rotatable bonds is 3. The molecule has 1 saturated heterocycles. The fraction of sp³-hybridized carbons (Fsp3) is 0.308. The number of nitrogens with zero attached hydrogens (tertiary/aromatic N) is 1. The molecule has 2 N–H and O–H groups in total. The number of carbonyl (C=O) groups is 3. The van der Waals surface area contributed by atoms with E-state index < -0.39 is 0 Å². The molecular weight excluding hydrogens is 232 g/mol. The standard InChI is InChI=1S/C13H14N2O3/c14-12(17)11-5-6-15(7-11)13(18)10-3-1-9(8-16)2-4-10/h1-4,8,11H,5-7H2,(H2,14,17). The number of nitrogens with two attached hydrogens (primary N) is 1. The van der Waals surface area contributed by atoms with Crippen molar-refractivity contribution < 1.29 is 14.4 Å². The molecule has 1 unspecified atom stereocenters. The van der Waals surface area contributed by atoms with Gasteiger partial charge in [-0.1, -0.05) is 12.1 Å². The zero-order valence-corrected chi connectivity index (χ0v) is 9.83. The third-order valence-corrected chi connectivity index (χ3v) is 3.17. The first-order chi connectivity index (χ1) is 8.61. The van der Waals surface area contributed by atoms with E-state index in [-0.39, 0.29) is 17.7 Å². The highest BCUT2D eigenvalue weighted by Gasteiger charge is 2.29. The van der Waals surface area contributed by atoms with Crippen LogP contribution in [0.1, 0.15) is 27.1 Å². The molecule has 0 saturated carbocycles. The predicted molar refractivity (Wildman–Crippen MR) is 65.0 cm³/mol. The monoisotopic (exact) mass is 246 g/mol. The Balaban J connectivity index is 2.07. The number of carbonyl (C=O) groups excluding carboxylic acids is 3. The largest absolute Gasteiger partial charge is 0.369 e. The van der Waals surface area contributed by atoms with Crippen molar-refractivity contribution in [3.63, 3.8) is 0 Å². The Labute approximate surface area is 105 Å². The maximum absolute atomic E-state index is 12.1. The number of primary amides is 1. The minimum Gasteiger partial charge on any atom is -0.369 e. The molecule has 1 atom stereocenters. The number of aldehydes is 1. The second kappa shape index (κ2) is 5.00. The zero-order valence-electron chi connectivity index (χ0n) is 9.83. The van der Waals surface area contributed by atoms with Crippen LogP contribution in [0.15, 0.2) is 24.3 Å². The zero-order chi connectivity index (χ0) is 13.1. The van der Waals surface area contributed by atoms with Gasteiger partial charge in [0.15, 0.2) is 0 Å². The molecule has 18 heavy (non-hydrogen) atoms. The first-order valence-electron chi connectivity index (χ1n) is 5.75. The topological polar surface area (TPSA) is 80.5 Å². The number of hydrogen-bond donors (Lipinski definition) is 1. The Kier molecular flexibility index (Phi) is 3.41. The lowest BCUT2D eigenvalue weighted by atomic mass is 10.1. The van der Waals surface area contributed by atoms with Gasteiger partial charge in [0, 0.05) is 24.2 Å². The van der Waals surface area contributed by atoms with Gasteiger partial charge in [0.2, 0.25) is 5.91 Å². The van der Waals surface area contributed by atoms with E-state index in [9.17, 15) is 14.4 Å². The van der Waals surface area contributed by atoms with E-state index in [1.807, 2.05) is 0 Å². The smallest absolute Gasteiger partial charge is 0.253 e. The molecule has 1 heterocycles. The van der Waals surface area contributed by atoms with Gasteiger partial charge in [0.25, 0.3) is 5.91 Å². The Hall–Kier alpha value is -2.17. The van der Waals surface area contributed by atoms with Crippen LogP contribution in [-0.2, 0) is 4.79 Å². The van der Waals surface area contributed by atoms with Gasteiger partial charge in [-0.25, -0.2) is 0 Å². The number of amides is 2. The summed E-state index contributed by atoms with van der Waals surface area (Å²) in [5.74, 6) is -0.735. The van der Waals surface area contributed by atoms with Crippen LogP contribution in [0.4, 0.5) is 0 Å². The van der Waals surface area contributed by atoms with Gasteiger partial charge >= 0.3 is 0 Å². The van der Waals surface area contributed by atoms with Gasteiger partial charge < -0.3 is 10.6 Å². The summed E-state index contributed by atoms with van der Waals surface area (Å²) in [6.07, 6.45) is 1.35. The van der Waals surface area contributed by atoms with E-state index in [1.54, 1.807) is 29.2 Å². The summed E-state index contributed by atoms with van der Waals surface area (Å²) < 4.78 is 0. The van der Waals surface area contributed by atoms with Gasteiger partial charge in [-0.05, 0) is 18.6 Å². The SMILES string of the molecule is NC(=O)C1CCN(C(=O)c2ccc(C=O)cc2)C1. The minimum absolute atomic E-state index is 0.129. The second-order valence-electron chi connectivity index (χ2n) is 4.38. The summed E-state index contributed by atoms with van der Waals surface area (Å²) in [6.45, 7) is 0.922. The molecule has 0 aliphatic carbocycles. The third kappa shape index (κ3) is 2.40. The molecule has 0 aromatic heterocycles. The van der Waals surface area contributed by atoms with E-state index >= 15 is 0 Å². The molecule has 2 rings (SSSR count). The lowest BCUT2D eigenvalue weighted by Gasteiger charge is -2.15. The van der Waals surface area contributed by atoms with Crippen molar-refractivity contribution in [3.05, 3.63) is 35.4 Å². The molecular formula is C13H14N2O3. The maximum atomic E-state index is 12.1.